The predicted octanol–water partition coefficient (Wildman–Crippen LogP) is 5.58. The van der Waals surface area contributed by atoms with E-state index in [9.17, 15) is 18.0 Å². The number of ether oxygens (including phenoxy) is 1. The first-order chi connectivity index (χ1) is 13.2. The van der Waals surface area contributed by atoms with Crippen molar-refractivity contribution in [3.05, 3.63) is 65.2 Å². The Morgan fingerprint density at radius 3 is 2.04 bits per heavy atom. The third-order valence-corrected chi connectivity index (χ3v) is 4.03. The molecule has 0 saturated carbocycles. The Balaban J connectivity index is 1.89. The molecule has 0 amide bonds. The summed E-state index contributed by atoms with van der Waals surface area (Å²) < 4.78 is 41.4. The fourth-order valence-corrected chi connectivity index (χ4v) is 2.75. The first-order valence-corrected chi connectivity index (χ1v) is 9.11. The lowest BCUT2D eigenvalue weighted by Gasteiger charge is -2.09. The van der Waals surface area contributed by atoms with Gasteiger partial charge in [-0.15, -0.1) is 0 Å². The average molecular weight is 388 g/mol. The van der Waals surface area contributed by atoms with Gasteiger partial charge in [0, 0.05) is 17.5 Å². The summed E-state index contributed by atoms with van der Waals surface area (Å²) in [6.45, 7) is 3.27. The van der Waals surface area contributed by atoms with E-state index in [4.69, 9.17) is 4.74 Å². The van der Waals surface area contributed by atoms with E-state index in [0.717, 1.165) is 17.5 Å². The van der Waals surface area contributed by atoms with Crippen molar-refractivity contribution in [2.24, 2.45) is 5.92 Å². The van der Waals surface area contributed by atoms with Crippen molar-refractivity contribution in [2.75, 3.05) is 6.61 Å². The Hall–Kier alpha value is -2.74. The number of Topliss-reactive ketones (excluding diaryl/α,β-unsaturated/α-hetero) is 1. The van der Waals surface area contributed by atoms with Crippen LogP contribution < -0.4 is 4.74 Å². The largest absolute Gasteiger partial charge is 0.493 e. The van der Waals surface area contributed by atoms with Crippen LogP contribution in [0.2, 0.25) is 0 Å². The van der Waals surface area contributed by atoms with Crippen LogP contribution in [0.25, 0.3) is 0 Å². The number of carbonyl (C=O) groups excluding carboxylic acids is 1. The van der Waals surface area contributed by atoms with E-state index in [2.05, 4.69) is 18.8 Å². The van der Waals surface area contributed by atoms with Crippen molar-refractivity contribution in [3.63, 3.8) is 0 Å². The SMILES string of the molecule is CC(=O)CC(C)Cc1ccc(C#Cc2ccc(OCCC(F)(F)F)cc2)cc1. The zero-order valence-electron chi connectivity index (χ0n) is 16.0. The highest BCUT2D eigenvalue weighted by atomic mass is 19.4. The van der Waals surface area contributed by atoms with E-state index in [-0.39, 0.29) is 5.78 Å². The molecule has 0 aliphatic rings. The lowest BCUT2D eigenvalue weighted by molar-refractivity contribution is -0.139. The molecule has 148 valence electrons. The Morgan fingerprint density at radius 2 is 1.54 bits per heavy atom. The highest BCUT2D eigenvalue weighted by Gasteiger charge is 2.26. The lowest BCUT2D eigenvalue weighted by Crippen LogP contribution is -2.12. The number of hydrogen-bond acceptors (Lipinski definition) is 2. The van der Waals surface area contributed by atoms with E-state index < -0.39 is 19.2 Å². The Kier molecular flexibility index (Phi) is 7.69. The summed E-state index contributed by atoms with van der Waals surface area (Å²) in [6, 6.07) is 14.6. The number of alkyl halides is 3. The third-order valence-electron chi connectivity index (χ3n) is 4.03. The molecule has 0 bridgehead atoms. The summed E-state index contributed by atoms with van der Waals surface area (Å²) >= 11 is 0. The van der Waals surface area contributed by atoms with Crippen LogP contribution in [-0.2, 0) is 11.2 Å². The van der Waals surface area contributed by atoms with Crippen molar-refractivity contribution in [2.45, 2.75) is 39.3 Å². The molecule has 2 aromatic carbocycles. The second-order valence-corrected chi connectivity index (χ2v) is 6.90. The van der Waals surface area contributed by atoms with Crippen molar-refractivity contribution < 1.29 is 22.7 Å². The highest BCUT2D eigenvalue weighted by Crippen LogP contribution is 2.20. The maximum absolute atomic E-state index is 12.1. The predicted molar refractivity (Wildman–Crippen MR) is 103 cm³/mol. The number of rotatable bonds is 7. The number of ketones is 1. The molecular weight excluding hydrogens is 365 g/mol. The van der Waals surface area contributed by atoms with Crippen LogP contribution in [0.15, 0.2) is 48.5 Å². The molecule has 0 spiro atoms. The minimum Gasteiger partial charge on any atom is -0.493 e. The van der Waals surface area contributed by atoms with Gasteiger partial charge < -0.3 is 9.53 Å². The van der Waals surface area contributed by atoms with Crippen LogP contribution in [0, 0.1) is 17.8 Å². The molecule has 1 atom stereocenters. The van der Waals surface area contributed by atoms with Crippen molar-refractivity contribution in [1.29, 1.82) is 0 Å². The normalized spacial score (nSPS) is 12.0. The maximum atomic E-state index is 12.1. The molecule has 2 nitrogen and oxygen atoms in total. The van der Waals surface area contributed by atoms with Gasteiger partial charge in [-0.2, -0.15) is 13.2 Å². The Morgan fingerprint density at radius 1 is 1.00 bits per heavy atom. The molecule has 0 aliphatic carbocycles. The van der Waals surface area contributed by atoms with Gasteiger partial charge in [0.2, 0.25) is 0 Å². The van der Waals surface area contributed by atoms with Crippen LogP contribution in [0.4, 0.5) is 13.2 Å². The molecule has 2 rings (SSSR count). The number of halogens is 3. The monoisotopic (exact) mass is 388 g/mol. The van der Waals surface area contributed by atoms with E-state index in [1.165, 1.54) is 5.56 Å². The number of benzene rings is 2. The van der Waals surface area contributed by atoms with E-state index in [1.807, 2.05) is 24.3 Å². The van der Waals surface area contributed by atoms with E-state index >= 15 is 0 Å². The second kappa shape index (κ2) is 9.98. The first-order valence-electron chi connectivity index (χ1n) is 9.11. The zero-order chi connectivity index (χ0) is 20.6. The van der Waals surface area contributed by atoms with Gasteiger partial charge in [-0.1, -0.05) is 30.9 Å². The summed E-state index contributed by atoms with van der Waals surface area (Å²) in [5, 5.41) is 0. The van der Waals surface area contributed by atoms with Gasteiger partial charge in [0.15, 0.2) is 0 Å². The molecule has 0 aliphatic heterocycles. The van der Waals surface area contributed by atoms with Gasteiger partial charge in [0.1, 0.15) is 11.5 Å². The second-order valence-electron chi connectivity index (χ2n) is 6.90. The van der Waals surface area contributed by atoms with Crippen molar-refractivity contribution >= 4 is 5.78 Å². The van der Waals surface area contributed by atoms with Gasteiger partial charge in [0.25, 0.3) is 0 Å². The summed E-state index contributed by atoms with van der Waals surface area (Å²) in [5.74, 6) is 6.99. The minimum atomic E-state index is -4.22. The molecule has 0 fully saturated rings. The summed E-state index contributed by atoms with van der Waals surface area (Å²) in [4.78, 5) is 11.2. The molecule has 0 radical (unpaired) electrons. The van der Waals surface area contributed by atoms with Gasteiger partial charge in [0.05, 0.1) is 13.0 Å². The zero-order valence-corrected chi connectivity index (χ0v) is 16.0. The summed E-state index contributed by atoms with van der Waals surface area (Å²) in [6.07, 6.45) is -3.76. The van der Waals surface area contributed by atoms with Crippen molar-refractivity contribution in [3.8, 4) is 17.6 Å². The van der Waals surface area contributed by atoms with E-state index in [0.29, 0.717) is 18.1 Å². The van der Waals surface area contributed by atoms with Crippen LogP contribution >= 0.6 is 0 Å². The maximum Gasteiger partial charge on any atom is 0.392 e. The number of carbonyl (C=O) groups is 1. The highest BCUT2D eigenvalue weighted by molar-refractivity contribution is 5.75. The average Bonchev–Trinajstić information content (AvgIpc) is 2.60. The molecule has 0 N–H and O–H groups in total. The standard InChI is InChI=1S/C23H23F3O2/c1-17(15-18(2)27)16-21-7-5-19(6-8-21)3-4-20-9-11-22(12-10-20)28-14-13-23(24,25)26/h5-12,17H,13-16H2,1-2H3. The summed E-state index contributed by atoms with van der Waals surface area (Å²) in [7, 11) is 0. The fourth-order valence-electron chi connectivity index (χ4n) is 2.75. The van der Waals surface area contributed by atoms with Crippen LogP contribution in [0.1, 0.15) is 43.4 Å². The van der Waals surface area contributed by atoms with Gasteiger partial charge in [-0.3, -0.25) is 0 Å². The molecular formula is C23H23F3O2. The van der Waals surface area contributed by atoms with Gasteiger partial charge >= 0.3 is 6.18 Å². The molecule has 0 aromatic heterocycles. The van der Waals surface area contributed by atoms with Gasteiger partial charge in [-0.05, 0) is 61.2 Å². The number of hydrogen-bond donors (Lipinski definition) is 0. The van der Waals surface area contributed by atoms with Crippen LogP contribution in [0.5, 0.6) is 5.75 Å². The van der Waals surface area contributed by atoms with Crippen LogP contribution in [0.3, 0.4) is 0 Å². The lowest BCUT2D eigenvalue weighted by atomic mass is 9.96. The summed E-state index contributed by atoms with van der Waals surface area (Å²) in [5.41, 5.74) is 2.79. The molecule has 2 aromatic rings. The van der Waals surface area contributed by atoms with E-state index in [1.54, 1.807) is 31.2 Å². The Bertz CT molecular complexity index is 825. The fraction of sp³-hybridized carbons (Fsp3) is 0.348. The molecule has 0 heterocycles. The molecule has 28 heavy (non-hydrogen) atoms. The third kappa shape index (κ3) is 8.30. The van der Waals surface area contributed by atoms with Crippen molar-refractivity contribution in [1.82, 2.24) is 0 Å². The van der Waals surface area contributed by atoms with Gasteiger partial charge in [-0.25, -0.2) is 0 Å². The quantitative estimate of drug-likeness (QED) is 0.579. The molecule has 5 heteroatoms. The first kappa shape index (κ1) is 21.6. The van der Waals surface area contributed by atoms with Crippen LogP contribution in [-0.4, -0.2) is 18.6 Å². The smallest absolute Gasteiger partial charge is 0.392 e. The minimum absolute atomic E-state index is 0.201. The topological polar surface area (TPSA) is 26.3 Å². The Labute approximate surface area is 163 Å². The molecule has 1 unspecified atom stereocenters. The molecule has 0 saturated heterocycles.